The summed E-state index contributed by atoms with van der Waals surface area (Å²) in [6.07, 6.45) is 0.617. The molecule has 9 heteroatoms. The molecule has 4 rings (SSSR count). The molecule has 1 saturated heterocycles. The number of carboxylic acid groups (broad SMARTS) is 2. The highest BCUT2D eigenvalue weighted by molar-refractivity contribution is 6.27. The first-order valence-corrected chi connectivity index (χ1v) is 10.5. The number of carbonyl (C=O) groups is 2. The first-order valence-electron chi connectivity index (χ1n) is 10.5. The van der Waals surface area contributed by atoms with Crippen LogP contribution >= 0.6 is 0 Å². The van der Waals surface area contributed by atoms with Crippen molar-refractivity contribution in [3.63, 3.8) is 0 Å². The van der Waals surface area contributed by atoms with Gasteiger partial charge in [0.1, 0.15) is 5.75 Å². The Kier molecular flexibility index (Phi) is 7.78. The van der Waals surface area contributed by atoms with Crippen LogP contribution in [0.1, 0.15) is 39.9 Å². The minimum atomic E-state index is -1.82. The SMILES string of the molecule is COc1ccccc1Cc1noc(C2CN(Cc3cc(C)ccc3C)C2)n1.O=C(O)C(=O)O. The molecule has 9 nitrogen and oxygen atoms in total. The van der Waals surface area contributed by atoms with Gasteiger partial charge in [-0.3, -0.25) is 4.90 Å². The van der Waals surface area contributed by atoms with Gasteiger partial charge in [0.25, 0.3) is 0 Å². The summed E-state index contributed by atoms with van der Waals surface area (Å²) < 4.78 is 10.9. The second-order valence-electron chi connectivity index (χ2n) is 7.97. The van der Waals surface area contributed by atoms with Gasteiger partial charge in [-0.2, -0.15) is 4.98 Å². The largest absolute Gasteiger partial charge is 0.496 e. The predicted molar refractivity (Wildman–Crippen MR) is 119 cm³/mol. The van der Waals surface area contributed by atoms with E-state index in [1.807, 2.05) is 24.3 Å². The molecule has 174 valence electrons. The molecular weight excluding hydrogens is 426 g/mol. The molecular formula is C24H27N3O6. The van der Waals surface area contributed by atoms with Crippen molar-refractivity contribution in [1.82, 2.24) is 15.0 Å². The third kappa shape index (κ3) is 6.39. The van der Waals surface area contributed by atoms with Crippen LogP contribution in [0.3, 0.4) is 0 Å². The normalized spacial score (nSPS) is 13.5. The van der Waals surface area contributed by atoms with Crippen molar-refractivity contribution in [2.24, 2.45) is 0 Å². The predicted octanol–water partition coefficient (Wildman–Crippen LogP) is 3.04. The molecule has 0 spiro atoms. The number of benzene rings is 2. The molecule has 2 heterocycles. The Labute approximate surface area is 191 Å². The third-order valence-electron chi connectivity index (χ3n) is 5.41. The number of para-hydroxylation sites is 1. The Morgan fingerprint density at radius 1 is 1.09 bits per heavy atom. The summed E-state index contributed by atoms with van der Waals surface area (Å²) in [5.41, 5.74) is 5.12. The van der Waals surface area contributed by atoms with E-state index in [2.05, 4.69) is 47.1 Å². The van der Waals surface area contributed by atoms with Gasteiger partial charge < -0.3 is 19.5 Å². The van der Waals surface area contributed by atoms with Crippen molar-refractivity contribution in [3.05, 3.63) is 76.4 Å². The summed E-state index contributed by atoms with van der Waals surface area (Å²) in [6, 6.07) is 14.6. The fraction of sp³-hybridized carbons (Fsp3) is 0.333. The lowest BCUT2D eigenvalue weighted by molar-refractivity contribution is -0.159. The van der Waals surface area contributed by atoms with Gasteiger partial charge in [-0.05, 0) is 31.0 Å². The molecule has 0 radical (unpaired) electrons. The van der Waals surface area contributed by atoms with Gasteiger partial charge in [-0.1, -0.05) is 47.1 Å². The van der Waals surface area contributed by atoms with Crippen LogP contribution in [-0.2, 0) is 22.6 Å². The quantitative estimate of drug-likeness (QED) is 0.542. The smallest absolute Gasteiger partial charge is 0.414 e. The molecule has 2 N–H and O–H groups in total. The molecule has 1 aromatic heterocycles. The molecule has 2 aromatic carbocycles. The molecule has 3 aromatic rings. The number of ether oxygens (including phenoxy) is 1. The fourth-order valence-corrected chi connectivity index (χ4v) is 3.59. The molecule has 0 aliphatic carbocycles. The summed E-state index contributed by atoms with van der Waals surface area (Å²) >= 11 is 0. The number of aromatic nitrogens is 2. The van der Waals surface area contributed by atoms with Gasteiger partial charge in [-0.15, -0.1) is 0 Å². The van der Waals surface area contributed by atoms with Crippen molar-refractivity contribution in [2.45, 2.75) is 32.7 Å². The van der Waals surface area contributed by atoms with Crippen molar-refractivity contribution in [2.75, 3.05) is 20.2 Å². The maximum Gasteiger partial charge on any atom is 0.414 e. The summed E-state index contributed by atoms with van der Waals surface area (Å²) in [7, 11) is 1.68. The Morgan fingerprint density at radius 3 is 2.45 bits per heavy atom. The van der Waals surface area contributed by atoms with Crippen LogP contribution in [0.4, 0.5) is 0 Å². The molecule has 0 amide bonds. The number of hydrogen-bond donors (Lipinski definition) is 2. The number of nitrogens with zero attached hydrogens (tertiary/aromatic N) is 3. The number of carboxylic acids is 2. The molecule has 0 saturated carbocycles. The number of aryl methyl sites for hydroxylation is 2. The lowest BCUT2D eigenvalue weighted by Crippen LogP contribution is -2.44. The Bertz CT molecular complexity index is 1110. The average Bonchev–Trinajstić information content (AvgIpc) is 3.21. The highest BCUT2D eigenvalue weighted by atomic mass is 16.5. The molecule has 33 heavy (non-hydrogen) atoms. The summed E-state index contributed by atoms with van der Waals surface area (Å²) in [5, 5.41) is 18.9. The zero-order valence-corrected chi connectivity index (χ0v) is 18.8. The van der Waals surface area contributed by atoms with Crippen LogP contribution < -0.4 is 4.74 Å². The zero-order chi connectivity index (χ0) is 24.0. The number of aliphatic carboxylic acids is 2. The van der Waals surface area contributed by atoms with E-state index >= 15 is 0 Å². The van der Waals surface area contributed by atoms with Crippen molar-refractivity contribution < 1.29 is 29.1 Å². The molecule has 0 unspecified atom stereocenters. The molecule has 0 atom stereocenters. The van der Waals surface area contributed by atoms with E-state index in [1.54, 1.807) is 7.11 Å². The maximum atomic E-state index is 9.10. The summed E-state index contributed by atoms with van der Waals surface area (Å²) in [4.78, 5) is 25.2. The van der Waals surface area contributed by atoms with Gasteiger partial charge in [0.15, 0.2) is 5.82 Å². The minimum Gasteiger partial charge on any atom is -0.496 e. The van der Waals surface area contributed by atoms with E-state index in [4.69, 9.17) is 29.1 Å². The average molecular weight is 453 g/mol. The van der Waals surface area contributed by atoms with E-state index in [9.17, 15) is 0 Å². The van der Waals surface area contributed by atoms with Crippen LogP contribution in [-0.4, -0.2) is 57.4 Å². The number of hydrogen-bond acceptors (Lipinski definition) is 7. The molecule has 1 aliphatic rings. The van der Waals surface area contributed by atoms with E-state index in [0.29, 0.717) is 18.2 Å². The van der Waals surface area contributed by atoms with Gasteiger partial charge in [0, 0.05) is 31.6 Å². The van der Waals surface area contributed by atoms with Gasteiger partial charge >= 0.3 is 11.9 Å². The van der Waals surface area contributed by atoms with Crippen LogP contribution in [0.25, 0.3) is 0 Å². The van der Waals surface area contributed by atoms with Crippen LogP contribution in [0.5, 0.6) is 5.75 Å². The maximum absolute atomic E-state index is 9.10. The number of methoxy groups -OCH3 is 1. The first kappa shape index (κ1) is 23.9. The van der Waals surface area contributed by atoms with E-state index in [0.717, 1.165) is 36.8 Å². The standard InChI is InChI=1S/C22H25N3O2.C2H2O4/c1-15-8-9-16(2)18(10-15)12-25-13-19(14-25)22-23-21(24-27-22)11-17-6-4-5-7-20(17)26-3;3-1(4)2(5)6/h4-10,19H,11-14H2,1-3H3;(H,3,4)(H,5,6). The van der Waals surface area contributed by atoms with Crippen molar-refractivity contribution >= 4 is 11.9 Å². The molecule has 1 fully saturated rings. The highest BCUT2D eigenvalue weighted by Gasteiger charge is 2.32. The monoisotopic (exact) mass is 453 g/mol. The lowest BCUT2D eigenvalue weighted by Gasteiger charge is -2.37. The Morgan fingerprint density at radius 2 is 1.79 bits per heavy atom. The number of rotatable bonds is 6. The second kappa shape index (κ2) is 10.7. The van der Waals surface area contributed by atoms with E-state index in [1.165, 1.54) is 16.7 Å². The van der Waals surface area contributed by atoms with Crippen molar-refractivity contribution in [1.29, 1.82) is 0 Å². The fourth-order valence-electron chi connectivity index (χ4n) is 3.59. The second-order valence-corrected chi connectivity index (χ2v) is 7.97. The Hall–Kier alpha value is -3.72. The van der Waals surface area contributed by atoms with Gasteiger partial charge in [-0.25, -0.2) is 9.59 Å². The third-order valence-corrected chi connectivity index (χ3v) is 5.41. The summed E-state index contributed by atoms with van der Waals surface area (Å²) in [5.74, 6) is -1.01. The van der Waals surface area contributed by atoms with Crippen molar-refractivity contribution in [3.8, 4) is 5.75 Å². The van der Waals surface area contributed by atoms with Crippen LogP contribution in [0, 0.1) is 13.8 Å². The number of likely N-dealkylation sites (tertiary alicyclic amines) is 1. The van der Waals surface area contributed by atoms with E-state index < -0.39 is 11.9 Å². The minimum absolute atomic E-state index is 0.328. The Balaban J connectivity index is 0.000000454. The summed E-state index contributed by atoms with van der Waals surface area (Å²) in [6.45, 7) is 7.22. The van der Waals surface area contributed by atoms with E-state index in [-0.39, 0.29) is 0 Å². The molecule has 1 aliphatic heterocycles. The van der Waals surface area contributed by atoms with Gasteiger partial charge in [0.2, 0.25) is 5.89 Å². The van der Waals surface area contributed by atoms with Crippen LogP contribution in [0.2, 0.25) is 0 Å². The molecule has 0 bridgehead atoms. The topological polar surface area (TPSA) is 126 Å². The van der Waals surface area contributed by atoms with Crippen LogP contribution in [0.15, 0.2) is 47.0 Å². The lowest BCUT2D eigenvalue weighted by atomic mass is 9.97. The first-order chi connectivity index (χ1) is 15.8. The highest BCUT2D eigenvalue weighted by Crippen LogP contribution is 2.29. The zero-order valence-electron chi connectivity index (χ0n) is 18.8. The van der Waals surface area contributed by atoms with Gasteiger partial charge in [0.05, 0.1) is 13.0 Å².